The van der Waals surface area contributed by atoms with Gasteiger partial charge in [-0.2, -0.15) is 0 Å². The van der Waals surface area contributed by atoms with Crippen molar-refractivity contribution in [3.63, 3.8) is 0 Å². The first-order valence-electron chi connectivity index (χ1n) is 5.54. The van der Waals surface area contributed by atoms with Crippen LogP contribution >= 0.6 is 23.2 Å². The molecule has 1 aliphatic carbocycles. The molecule has 0 aromatic heterocycles. The average Bonchev–Trinajstić information content (AvgIpc) is 2.68. The van der Waals surface area contributed by atoms with Crippen LogP contribution in [-0.2, 0) is 4.79 Å². The fourth-order valence-electron chi connectivity index (χ4n) is 2.34. The summed E-state index contributed by atoms with van der Waals surface area (Å²) < 4.78 is 0. The van der Waals surface area contributed by atoms with E-state index in [9.17, 15) is 4.79 Å². The van der Waals surface area contributed by atoms with Gasteiger partial charge in [0.1, 0.15) is 5.78 Å². The standard InChI is InChI=1S/C13H14Cl2O/c1-8(9-2-4-11(16)6-9)10-3-5-12(14)13(15)7-10/h3,5,7-9H,2,4,6H2,1H3. The molecule has 1 aliphatic rings. The summed E-state index contributed by atoms with van der Waals surface area (Å²) in [6, 6.07) is 5.74. The number of halogens is 2. The van der Waals surface area contributed by atoms with Crippen molar-refractivity contribution in [3.8, 4) is 0 Å². The SMILES string of the molecule is CC(c1ccc(Cl)c(Cl)c1)C1CCC(=O)C1. The van der Waals surface area contributed by atoms with Crippen molar-refractivity contribution in [1.82, 2.24) is 0 Å². The predicted molar refractivity (Wildman–Crippen MR) is 67.2 cm³/mol. The lowest BCUT2D eigenvalue weighted by molar-refractivity contribution is -0.117. The maximum atomic E-state index is 11.3. The highest BCUT2D eigenvalue weighted by Crippen LogP contribution is 2.37. The monoisotopic (exact) mass is 256 g/mol. The lowest BCUT2D eigenvalue weighted by Crippen LogP contribution is -2.06. The Bertz CT molecular complexity index is 414. The van der Waals surface area contributed by atoms with Crippen LogP contribution in [0.3, 0.4) is 0 Å². The molecule has 2 atom stereocenters. The van der Waals surface area contributed by atoms with Gasteiger partial charge >= 0.3 is 0 Å². The van der Waals surface area contributed by atoms with Gasteiger partial charge in [-0.1, -0.05) is 36.2 Å². The molecule has 0 spiro atoms. The molecule has 0 heterocycles. The van der Waals surface area contributed by atoms with Crippen molar-refractivity contribution < 1.29 is 4.79 Å². The van der Waals surface area contributed by atoms with Gasteiger partial charge in [-0.05, 0) is 36.0 Å². The van der Waals surface area contributed by atoms with E-state index in [1.807, 2.05) is 18.2 Å². The smallest absolute Gasteiger partial charge is 0.133 e. The van der Waals surface area contributed by atoms with Crippen molar-refractivity contribution in [2.75, 3.05) is 0 Å². The van der Waals surface area contributed by atoms with Crippen LogP contribution in [0.25, 0.3) is 0 Å². The first-order valence-corrected chi connectivity index (χ1v) is 6.30. The molecule has 2 unspecified atom stereocenters. The molecule has 0 aliphatic heterocycles. The van der Waals surface area contributed by atoms with Gasteiger partial charge in [0.05, 0.1) is 10.0 Å². The first kappa shape index (κ1) is 11.9. The Morgan fingerprint density at radius 3 is 2.62 bits per heavy atom. The van der Waals surface area contributed by atoms with E-state index in [1.165, 1.54) is 5.56 Å². The molecule has 86 valence electrons. The minimum absolute atomic E-state index is 0.376. The Labute approximate surface area is 106 Å². The minimum Gasteiger partial charge on any atom is -0.300 e. The lowest BCUT2D eigenvalue weighted by Gasteiger charge is -2.18. The molecule has 1 fully saturated rings. The third-order valence-corrected chi connectivity index (χ3v) is 4.20. The molecule has 0 saturated heterocycles. The van der Waals surface area contributed by atoms with Gasteiger partial charge in [0.2, 0.25) is 0 Å². The number of carbonyl (C=O) groups is 1. The summed E-state index contributed by atoms with van der Waals surface area (Å²) in [6.07, 6.45) is 2.44. The van der Waals surface area contributed by atoms with E-state index in [0.717, 1.165) is 12.8 Å². The lowest BCUT2D eigenvalue weighted by atomic mass is 9.86. The fourth-order valence-corrected chi connectivity index (χ4v) is 2.64. The topological polar surface area (TPSA) is 17.1 Å². The molecule has 0 radical (unpaired) electrons. The molecule has 0 amide bonds. The van der Waals surface area contributed by atoms with E-state index >= 15 is 0 Å². The zero-order valence-electron chi connectivity index (χ0n) is 9.17. The van der Waals surface area contributed by atoms with E-state index in [4.69, 9.17) is 23.2 Å². The number of benzene rings is 1. The van der Waals surface area contributed by atoms with Crippen molar-refractivity contribution in [2.45, 2.75) is 32.1 Å². The summed E-state index contributed by atoms with van der Waals surface area (Å²) in [5.74, 6) is 1.22. The molecular weight excluding hydrogens is 243 g/mol. The first-order chi connectivity index (χ1) is 7.58. The van der Waals surface area contributed by atoms with E-state index in [0.29, 0.717) is 34.1 Å². The highest BCUT2D eigenvalue weighted by Gasteiger charge is 2.27. The third-order valence-electron chi connectivity index (χ3n) is 3.46. The summed E-state index contributed by atoms with van der Waals surface area (Å²) in [5.41, 5.74) is 1.18. The molecule has 3 heteroatoms. The van der Waals surface area contributed by atoms with Crippen LogP contribution in [0.1, 0.15) is 37.7 Å². The van der Waals surface area contributed by atoms with Gasteiger partial charge in [-0.3, -0.25) is 4.79 Å². The second-order valence-corrected chi connectivity index (χ2v) is 5.32. The number of rotatable bonds is 2. The van der Waals surface area contributed by atoms with Crippen LogP contribution in [0.15, 0.2) is 18.2 Å². The van der Waals surface area contributed by atoms with Gasteiger partial charge in [0.25, 0.3) is 0 Å². The van der Waals surface area contributed by atoms with Gasteiger partial charge in [0, 0.05) is 12.8 Å². The molecule has 1 saturated carbocycles. The van der Waals surface area contributed by atoms with E-state index in [2.05, 4.69) is 6.92 Å². The van der Waals surface area contributed by atoms with Crippen LogP contribution in [-0.4, -0.2) is 5.78 Å². The second-order valence-electron chi connectivity index (χ2n) is 4.50. The zero-order valence-corrected chi connectivity index (χ0v) is 10.7. The Morgan fingerprint density at radius 1 is 1.31 bits per heavy atom. The van der Waals surface area contributed by atoms with Crippen LogP contribution in [0.4, 0.5) is 0 Å². The normalized spacial score (nSPS) is 22.4. The van der Waals surface area contributed by atoms with Crippen molar-refractivity contribution >= 4 is 29.0 Å². The molecular formula is C13H14Cl2O. The van der Waals surface area contributed by atoms with Gasteiger partial charge in [0.15, 0.2) is 0 Å². The molecule has 1 nitrogen and oxygen atoms in total. The maximum Gasteiger partial charge on any atom is 0.133 e. The number of ketones is 1. The van der Waals surface area contributed by atoms with E-state index in [1.54, 1.807) is 0 Å². The summed E-state index contributed by atoms with van der Waals surface area (Å²) in [4.78, 5) is 11.3. The number of carbonyl (C=O) groups excluding carboxylic acids is 1. The average molecular weight is 257 g/mol. The maximum absolute atomic E-state index is 11.3. The van der Waals surface area contributed by atoms with Crippen LogP contribution in [0, 0.1) is 5.92 Å². The van der Waals surface area contributed by atoms with Crippen molar-refractivity contribution in [3.05, 3.63) is 33.8 Å². The fraction of sp³-hybridized carbons (Fsp3) is 0.462. The van der Waals surface area contributed by atoms with E-state index < -0.39 is 0 Å². The molecule has 1 aromatic carbocycles. The van der Waals surface area contributed by atoms with Crippen LogP contribution in [0.5, 0.6) is 0 Å². The molecule has 0 N–H and O–H groups in total. The molecule has 2 rings (SSSR count). The Morgan fingerprint density at radius 2 is 2.06 bits per heavy atom. The summed E-state index contributed by atoms with van der Waals surface area (Å²) in [7, 11) is 0. The van der Waals surface area contributed by atoms with E-state index in [-0.39, 0.29) is 0 Å². The van der Waals surface area contributed by atoms with Crippen LogP contribution < -0.4 is 0 Å². The summed E-state index contributed by atoms with van der Waals surface area (Å²) in [6.45, 7) is 2.16. The van der Waals surface area contributed by atoms with Gasteiger partial charge in [-0.15, -0.1) is 0 Å². The molecule has 16 heavy (non-hydrogen) atoms. The highest BCUT2D eigenvalue weighted by molar-refractivity contribution is 6.42. The second kappa shape index (κ2) is 4.77. The summed E-state index contributed by atoms with van der Waals surface area (Å²) in [5, 5.41) is 1.18. The zero-order chi connectivity index (χ0) is 11.7. The Balaban J connectivity index is 2.17. The Kier molecular flexibility index (Phi) is 3.56. The number of Topliss-reactive ketones (excluding diaryl/α,β-unsaturated/α-hetero) is 1. The largest absolute Gasteiger partial charge is 0.300 e. The van der Waals surface area contributed by atoms with Gasteiger partial charge in [-0.25, -0.2) is 0 Å². The highest BCUT2D eigenvalue weighted by atomic mass is 35.5. The number of hydrogen-bond acceptors (Lipinski definition) is 1. The van der Waals surface area contributed by atoms with Crippen molar-refractivity contribution in [2.24, 2.45) is 5.92 Å². The van der Waals surface area contributed by atoms with Crippen molar-refractivity contribution in [1.29, 1.82) is 0 Å². The third kappa shape index (κ3) is 2.41. The number of hydrogen-bond donors (Lipinski definition) is 0. The molecule has 1 aromatic rings. The Hall–Kier alpha value is -0.530. The van der Waals surface area contributed by atoms with Gasteiger partial charge < -0.3 is 0 Å². The molecule has 0 bridgehead atoms. The summed E-state index contributed by atoms with van der Waals surface area (Å²) >= 11 is 11.9. The quantitative estimate of drug-likeness (QED) is 0.764. The predicted octanol–water partition coefficient (Wildman–Crippen LogP) is 4.47. The minimum atomic E-state index is 0.376. The van der Waals surface area contributed by atoms with Crippen LogP contribution in [0.2, 0.25) is 10.0 Å².